The first-order valence-corrected chi connectivity index (χ1v) is 25.6. The molecule has 0 amide bonds. The van der Waals surface area contributed by atoms with Crippen molar-refractivity contribution in [2.45, 2.75) is 118 Å². The van der Waals surface area contributed by atoms with Crippen LogP contribution < -0.4 is 11.5 Å². The highest BCUT2D eigenvalue weighted by atomic mass is 32.2. The van der Waals surface area contributed by atoms with Crippen molar-refractivity contribution in [3.63, 3.8) is 0 Å². The fraction of sp³-hybridized carbons (Fsp3) is 0.396. The number of carbonyl (C=O) groups is 1. The highest BCUT2D eigenvalue weighted by Gasteiger charge is 2.54. The van der Waals surface area contributed by atoms with Gasteiger partial charge in [0.05, 0.1) is 16.9 Å². The Balaban J connectivity index is 0.000000174. The van der Waals surface area contributed by atoms with Crippen molar-refractivity contribution in [3.05, 3.63) is 174 Å². The number of nitrogens with zero attached hydrogens (tertiary/aromatic N) is 4. The second-order valence-corrected chi connectivity index (χ2v) is 22.8. The molecule has 2 saturated heterocycles. The average Bonchev–Trinajstić information content (AvgIpc) is 3.95. The fourth-order valence-corrected chi connectivity index (χ4v) is 14.8. The van der Waals surface area contributed by atoms with Gasteiger partial charge >= 0.3 is 11.5 Å². The van der Waals surface area contributed by atoms with Gasteiger partial charge in [-0.25, -0.2) is 54.2 Å². The maximum atomic E-state index is 15.4. The average molecular weight is 1010 g/mol. The van der Waals surface area contributed by atoms with E-state index in [0.717, 1.165) is 24.3 Å². The van der Waals surface area contributed by atoms with Gasteiger partial charge in [-0.2, -0.15) is 8.61 Å². The number of nitrogens with one attached hydrogen (secondary N) is 2. The molecule has 2 saturated carbocycles. The van der Waals surface area contributed by atoms with E-state index in [1.54, 1.807) is 74.5 Å². The predicted octanol–water partition coefficient (Wildman–Crippen LogP) is 6.48. The molecule has 4 aliphatic rings. The minimum Gasteiger partial charge on any atom is -0.393 e. The van der Waals surface area contributed by atoms with E-state index in [1.807, 2.05) is 0 Å². The van der Waals surface area contributed by atoms with Crippen molar-refractivity contribution >= 4 is 25.8 Å². The van der Waals surface area contributed by atoms with Gasteiger partial charge in [0.2, 0.25) is 31.8 Å². The van der Waals surface area contributed by atoms with Gasteiger partial charge in [-0.3, -0.25) is 4.79 Å². The lowest BCUT2D eigenvalue weighted by molar-refractivity contribution is -0.127. The molecule has 370 valence electrons. The first-order valence-electron chi connectivity index (χ1n) is 22.6. The molecule has 6 aromatic rings. The summed E-state index contributed by atoms with van der Waals surface area (Å²) in [6.07, 6.45) is 0.891. The Labute approximate surface area is 398 Å². The summed E-state index contributed by atoms with van der Waals surface area (Å²) in [5.41, 5.74) is -1.84. The van der Waals surface area contributed by atoms with Gasteiger partial charge in [0, 0.05) is 60.3 Å². The molecule has 2 aliphatic heterocycles. The highest BCUT2D eigenvalue weighted by Crippen LogP contribution is 2.50. The molecule has 2 aliphatic carbocycles. The smallest absolute Gasteiger partial charge is 0.393 e. The Morgan fingerprint density at radius 3 is 1.39 bits per heavy atom. The number of sulfonamides is 2. The Bertz CT molecular complexity index is 3280. The Morgan fingerprint density at radius 2 is 1.01 bits per heavy atom. The van der Waals surface area contributed by atoms with Gasteiger partial charge in [0.15, 0.2) is 0 Å². The van der Waals surface area contributed by atoms with Gasteiger partial charge in [0.1, 0.15) is 39.6 Å². The molecule has 0 spiro atoms. The summed E-state index contributed by atoms with van der Waals surface area (Å²) in [5, 5.41) is 20.1. The maximum absolute atomic E-state index is 15.4. The minimum atomic E-state index is -3.84. The zero-order valence-electron chi connectivity index (χ0n) is 37.8. The van der Waals surface area contributed by atoms with E-state index < -0.39 is 88.3 Å². The third-order valence-corrected chi connectivity index (χ3v) is 18.9. The van der Waals surface area contributed by atoms with Crippen LogP contribution in [0.25, 0.3) is 0 Å². The number of H-pyrrole nitrogens is 2. The lowest BCUT2D eigenvalue weighted by Crippen LogP contribution is -2.47. The van der Waals surface area contributed by atoms with Crippen molar-refractivity contribution in [1.82, 2.24) is 29.0 Å². The van der Waals surface area contributed by atoms with Crippen LogP contribution in [0.4, 0.5) is 17.6 Å². The van der Waals surface area contributed by atoms with Gasteiger partial charge in [-0.1, -0.05) is 60.7 Å². The number of aromatic amines is 2. The van der Waals surface area contributed by atoms with Gasteiger partial charge in [-0.15, -0.1) is 10.2 Å². The van der Waals surface area contributed by atoms with Crippen LogP contribution in [0.5, 0.6) is 0 Å². The summed E-state index contributed by atoms with van der Waals surface area (Å²) in [6.45, 7) is 2.85. The standard InChI is InChI=1S/C24H25F2N3O5S.C24H23F2N3O5S/c2*1-14-7-8-21(15-5-3-2-4-6-15)35(32,33)29(14)13-16-9-20(26)18(10-19(16)25)24(11-17(30)12-24)22-27-28-23(31)34-22/h2-6,9-10,14,17,21,30H,7-8,11-13H2,1H3,(H,28,31);2-6,9-10,14,21H,7-8,11-13H2,1H3,(H,28,31)/t14-,17?,21+,24?;14-,21+/m00/s1. The van der Waals surface area contributed by atoms with E-state index in [0.29, 0.717) is 36.8 Å². The molecule has 4 atom stereocenters. The number of aromatic nitrogens is 4. The molecule has 3 N–H and O–H groups in total. The summed E-state index contributed by atoms with van der Waals surface area (Å²) in [7, 11) is -7.66. The quantitative estimate of drug-likeness (QED) is 0.125. The molecule has 4 fully saturated rings. The molecule has 0 radical (unpaired) electrons. The van der Waals surface area contributed by atoms with E-state index in [4.69, 9.17) is 8.83 Å². The summed E-state index contributed by atoms with van der Waals surface area (Å²) < 4.78 is 128. The zero-order valence-corrected chi connectivity index (χ0v) is 39.4. The topological polar surface area (TPSA) is 230 Å². The third kappa shape index (κ3) is 8.77. The Hall–Kier alpha value is -6.07. The van der Waals surface area contributed by atoms with Crippen LogP contribution in [-0.2, 0) is 48.8 Å². The lowest BCUT2D eigenvalue weighted by atomic mass is 9.62. The van der Waals surface area contributed by atoms with E-state index >= 15 is 17.6 Å². The fourth-order valence-electron chi connectivity index (χ4n) is 10.4. The van der Waals surface area contributed by atoms with Crippen LogP contribution in [0, 0.1) is 23.3 Å². The molecule has 4 aromatic carbocycles. The van der Waals surface area contributed by atoms with Gasteiger partial charge in [0.25, 0.3) is 0 Å². The first kappa shape index (κ1) is 48.9. The SMILES string of the molecule is C[C@H]1CC[C@H](c2ccccc2)S(=O)(=O)N1Cc1cc(F)c(C2(c3n[nH]c(=O)o3)CC(=O)C2)cc1F.C[C@H]1CC[C@H](c2ccccc2)S(=O)(=O)N1Cc1cc(F)c(C2(c3n[nH]c(=O)o3)CC(O)C2)cc1F. The van der Waals surface area contributed by atoms with Crippen molar-refractivity contribution in [2.24, 2.45) is 0 Å². The molecule has 0 bridgehead atoms. The van der Waals surface area contributed by atoms with Crippen molar-refractivity contribution in [3.8, 4) is 0 Å². The van der Waals surface area contributed by atoms with Gasteiger partial charge in [-0.05, 0) is 87.8 Å². The molecule has 0 unspecified atom stereocenters. The van der Waals surface area contributed by atoms with E-state index in [2.05, 4.69) is 20.4 Å². The summed E-state index contributed by atoms with van der Waals surface area (Å²) in [6, 6.07) is 20.8. The first-order chi connectivity index (χ1) is 33.2. The van der Waals surface area contributed by atoms with Crippen LogP contribution in [-0.4, -0.2) is 74.9 Å². The van der Waals surface area contributed by atoms with E-state index in [9.17, 15) is 36.3 Å². The van der Waals surface area contributed by atoms with Crippen LogP contribution in [0.1, 0.15) is 121 Å². The lowest BCUT2D eigenvalue weighted by Gasteiger charge is -2.43. The third-order valence-electron chi connectivity index (χ3n) is 14.2. The number of aliphatic hydroxyl groups is 1. The number of hydrogen-bond donors (Lipinski definition) is 3. The zero-order chi connectivity index (χ0) is 49.9. The number of ketones is 1. The molecule has 70 heavy (non-hydrogen) atoms. The second-order valence-electron chi connectivity index (χ2n) is 18.6. The number of aliphatic hydroxyl groups excluding tert-OH is 1. The molecule has 4 heterocycles. The number of hydrogen-bond acceptors (Lipinski definition) is 12. The second kappa shape index (κ2) is 18.6. The predicted molar refractivity (Wildman–Crippen MR) is 243 cm³/mol. The molecule has 2 aromatic heterocycles. The summed E-state index contributed by atoms with van der Waals surface area (Å²) >= 11 is 0. The number of benzene rings is 4. The number of rotatable bonds is 10. The molecule has 10 rings (SSSR count). The molecule has 16 nitrogen and oxygen atoms in total. The molecule has 22 heteroatoms. The van der Waals surface area contributed by atoms with Crippen molar-refractivity contribution < 1.29 is 53.1 Å². The van der Waals surface area contributed by atoms with Crippen molar-refractivity contribution in [2.75, 3.05) is 0 Å². The molecular weight excluding hydrogens is 961 g/mol. The monoisotopic (exact) mass is 1010 g/mol. The summed E-state index contributed by atoms with van der Waals surface area (Å²) in [4.78, 5) is 34.7. The van der Waals surface area contributed by atoms with Crippen LogP contribution >= 0.6 is 0 Å². The van der Waals surface area contributed by atoms with Crippen LogP contribution in [0.3, 0.4) is 0 Å². The Kier molecular flexibility index (Phi) is 13.0. The minimum absolute atomic E-state index is 0.00674. The van der Waals surface area contributed by atoms with E-state index in [-0.39, 0.29) is 84.6 Å². The Morgan fingerprint density at radius 1 is 0.614 bits per heavy atom. The van der Waals surface area contributed by atoms with E-state index in [1.165, 1.54) is 8.61 Å². The highest BCUT2D eigenvalue weighted by molar-refractivity contribution is 7.89. The molecular formula is C48H48F4N6O10S2. The maximum Gasteiger partial charge on any atom is 0.434 e. The summed E-state index contributed by atoms with van der Waals surface area (Å²) in [5.74, 6) is -5.46. The largest absolute Gasteiger partial charge is 0.434 e. The van der Waals surface area contributed by atoms with Crippen LogP contribution in [0.2, 0.25) is 0 Å². The number of halogens is 4. The number of carbonyl (C=O) groups excluding carboxylic acids is 1. The normalized spacial score (nSPS) is 26.1. The van der Waals surface area contributed by atoms with Gasteiger partial charge < -0.3 is 13.9 Å². The van der Waals surface area contributed by atoms with Crippen LogP contribution in [0.15, 0.2) is 103 Å². The van der Waals surface area contributed by atoms with Crippen molar-refractivity contribution in [1.29, 1.82) is 0 Å². The number of Topliss-reactive ketones (excluding diaryl/α,β-unsaturated/α-hetero) is 1.